The van der Waals surface area contributed by atoms with E-state index in [-0.39, 0.29) is 17.9 Å². The van der Waals surface area contributed by atoms with Crippen molar-refractivity contribution >= 4 is 11.8 Å². The molecule has 0 bridgehead atoms. The molecule has 4 heteroatoms. The number of carbonyl (C=O) groups excluding carboxylic acids is 2. The van der Waals surface area contributed by atoms with Crippen molar-refractivity contribution in [2.24, 2.45) is 0 Å². The fourth-order valence-corrected chi connectivity index (χ4v) is 0.664. The van der Waals surface area contributed by atoms with Gasteiger partial charge in [-0.05, 0) is 32.4 Å². The van der Waals surface area contributed by atoms with Gasteiger partial charge in [0.25, 0.3) is 0 Å². The summed E-state index contributed by atoms with van der Waals surface area (Å²) in [4.78, 5) is 20.7. The number of amides is 2. The molecular weight excluding hydrogens is 204 g/mol. The molecule has 0 aromatic heterocycles. The van der Waals surface area contributed by atoms with Gasteiger partial charge in [-0.3, -0.25) is 9.59 Å². The molecule has 4 nitrogen and oxygen atoms in total. The number of hydrogen-bond acceptors (Lipinski definition) is 2. The first-order chi connectivity index (χ1) is 7.47. The number of hydrogen-bond donors (Lipinski definition) is 2. The van der Waals surface area contributed by atoms with Crippen LogP contribution in [0.1, 0.15) is 27.2 Å². The highest BCUT2D eigenvalue weighted by atomic mass is 16.2. The Bertz CT molecular complexity index is 235. The lowest BCUT2D eigenvalue weighted by atomic mass is 10.4. The molecule has 16 heavy (non-hydrogen) atoms. The van der Waals surface area contributed by atoms with Gasteiger partial charge >= 0.3 is 0 Å². The van der Waals surface area contributed by atoms with E-state index in [0.29, 0.717) is 0 Å². The lowest BCUT2D eigenvalue weighted by Crippen LogP contribution is -2.27. The molecule has 0 rings (SSSR count). The number of rotatable bonds is 5. The molecule has 0 aromatic rings. The minimum atomic E-state index is -0.111. The average Bonchev–Trinajstić information content (AvgIpc) is 2.25. The highest BCUT2D eigenvalue weighted by Crippen LogP contribution is 1.75. The summed E-state index contributed by atoms with van der Waals surface area (Å²) in [6, 6.07) is 0.209. The van der Waals surface area contributed by atoms with Crippen LogP contribution >= 0.6 is 0 Å². The number of carbonyl (C=O) groups is 2. The minimum absolute atomic E-state index is 0.0909. The van der Waals surface area contributed by atoms with E-state index in [1.54, 1.807) is 0 Å². The Labute approximate surface area is 97.8 Å². The van der Waals surface area contributed by atoms with E-state index < -0.39 is 0 Å². The first-order valence-corrected chi connectivity index (χ1v) is 5.31. The monoisotopic (exact) mass is 226 g/mol. The van der Waals surface area contributed by atoms with Crippen LogP contribution in [0.5, 0.6) is 0 Å². The smallest absolute Gasteiger partial charge is 0.243 e. The number of nitrogens with one attached hydrogen (secondary N) is 2. The lowest BCUT2D eigenvalue weighted by molar-refractivity contribution is -0.117. The molecule has 0 aliphatic rings. The van der Waals surface area contributed by atoms with E-state index in [0.717, 1.165) is 13.0 Å². The third-order valence-corrected chi connectivity index (χ3v) is 1.35. The first kappa shape index (κ1) is 16.8. The SMILES string of the molecule is C=CC(=O)NC(C)C.C=CC(=O)NCCC. The molecular formula is C12H22N2O2. The maximum Gasteiger partial charge on any atom is 0.243 e. The Kier molecular flexibility index (Phi) is 12.1. The van der Waals surface area contributed by atoms with Crippen LogP contribution in [0, 0.1) is 0 Å². The molecule has 2 N–H and O–H groups in total. The van der Waals surface area contributed by atoms with Gasteiger partial charge in [-0.1, -0.05) is 20.1 Å². The first-order valence-electron chi connectivity index (χ1n) is 5.31. The van der Waals surface area contributed by atoms with E-state index in [1.165, 1.54) is 12.2 Å². The largest absolute Gasteiger partial charge is 0.353 e. The van der Waals surface area contributed by atoms with Crippen LogP contribution in [0.3, 0.4) is 0 Å². The van der Waals surface area contributed by atoms with Gasteiger partial charge in [0.15, 0.2) is 0 Å². The molecule has 0 saturated carbocycles. The molecule has 2 amide bonds. The maximum absolute atomic E-state index is 10.4. The summed E-state index contributed by atoms with van der Waals surface area (Å²) >= 11 is 0. The van der Waals surface area contributed by atoms with E-state index in [2.05, 4.69) is 23.8 Å². The van der Waals surface area contributed by atoms with Crippen LogP contribution in [-0.2, 0) is 9.59 Å². The van der Waals surface area contributed by atoms with Gasteiger partial charge < -0.3 is 10.6 Å². The third kappa shape index (κ3) is 14.9. The van der Waals surface area contributed by atoms with Crippen molar-refractivity contribution in [3.8, 4) is 0 Å². The highest BCUT2D eigenvalue weighted by molar-refractivity contribution is 5.87. The molecule has 0 aliphatic carbocycles. The molecule has 0 heterocycles. The molecule has 0 aromatic carbocycles. The summed E-state index contributed by atoms with van der Waals surface area (Å²) in [6.45, 7) is 13.2. The second kappa shape index (κ2) is 11.5. The zero-order valence-corrected chi connectivity index (χ0v) is 10.4. The molecule has 92 valence electrons. The standard InChI is InChI=1S/2C6H11NO/c1-4-6(8)7-5(2)3;1-3-5-7-6(8)4-2/h4-5H,1H2,2-3H3,(H,7,8);4H,2-3,5H2,1H3,(H,7,8). The maximum atomic E-state index is 10.4. The van der Waals surface area contributed by atoms with Gasteiger partial charge in [0, 0.05) is 12.6 Å². The fraction of sp³-hybridized carbons (Fsp3) is 0.500. The van der Waals surface area contributed by atoms with E-state index >= 15 is 0 Å². The van der Waals surface area contributed by atoms with Gasteiger partial charge in [-0.25, -0.2) is 0 Å². The predicted octanol–water partition coefficient (Wildman–Crippen LogP) is 1.40. The van der Waals surface area contributed by atoms with Crippen molar-refractivity contribution < 1.29 is 9.59 Å². The Morgan fingerprint density at radius 3 is 1.94 bits per heavy atom. The summed E-state index contributed by atoms with van der Waals surface area (Å²) in [5, 5.41) is 5.26. The molecule has 0 fully saturated rings. The predicted molar refractivity (Wildman–Crippen MR) is 67.0 cm³/mol. The van der Waals surface area contributed by atoms with E-state index in [4.69, 9.17) is 0 Å². The normalized spacial score (nSPS) is 8.50. The van der Waals surface area contributed by atoms with E-state index in [1.807, 2.05) is 20.8 Å². The van der Waals surface area contributed by atoms with Gasteiger partial charge in [-0.2, -0.15) is 0 Å². The molecule has 0 aliphatic heterocycles. The van der Waals surface area contributed by atoms with Crippen molar-refractivity contribution in [1.82, 2.24) is 10.6 Å². The fourth-order valence-electron chi connectivity index (χ4n) is 0.664. The lowest BCUT2D eigenvalue weighted by Gasteiger charge is -2.02. The Morgan fingerprint density at radius 1 is 1.19 bits per heavy atom. The van der Waals surface area contributed by atoms with E-state index in [9.17, 15) is 9.59 Å². The van der Waals surface area contributed by atoms with Crippen LogP contribution in [0.15, 0.2) is 25.3 Å². The van der Waals surface area contributed by atoms with Crippen molar-refractivity contribution in [3.05, 3.63) is 25.3 Å². The quantitative estimate of drug-likeness (QED) is 0.696. The topological polar surface area (TPSA) is 58.2 Å². The van der Waals surface area contributed by atoms with Crippen LogP contribution in [0.4, 0.5) is 0 Å². The van der Waals surface area contributed by atoms with Crippen LogP contribution in [0.25, 0.3) is 0 Å². The Hall–Kier alpha value is -1.58. The summed E-state index contributed by atoms with van der Waals surface area (Å²) < 4.78 is 0. The molecule has 0 saturated heterocycles. The Morgan fingerprint density at radius 2 is 1.69 bits per heavy atom. The molecule has 0 spiro atoms. The second-order valence-corrected chi connectivity index (χ2v) is 3.36. The molecule has 0 radical (unpaired) electrons. The van der Waals surface area contributed by atoms with Gasteiger partial charge in [0.1, 0.15) is 0 Å². The zero-order valence-electron chi connectivity index (χ0n) is 10.4. The van der Waals surface area contributed by atoms with Crippen LogP contribution in [0.2, 0.25) is 0 Å². The molecule has 0 unspecified atom stereocenters. The van der Waals surface area contributed by atoms with Gasteiger partial charge in [0.05, 0.1) is 0 Å². The third-order valence-electron chi connectivity index (χ3n) is 1.35. The van der Waals surface area contributed by atoms with Crippen LogP contribution in [-0.4, -0.2) is 24.4 Å². The van der Waals surface area contributed by atoms with Crippen LogP contribution < -0.4 is 10.6 Å². The van der Waals surface area contributed by atoms with Crippen molar-refractivity contribution in [2.75, 3.05) is 6.54 Å². The minimum Gasteiger partial charge on any atom is -0.353 e. The van der Waals surface area contributed by atoms with Crippen molar-refractivity contribution in [1.29, 1.82) is 0 Å². The van der Waals surface area contributed by atoms with Crippen molar-refractivity contribution in [3.63, 3.8) is 0 Å². The summed E-state index contributed by atoms with van der Waals surface area (Å²) in [5.41, 5.74) is 0. The summed E-state index contributed by atoms with van der Waals surface area (Å²) in [7, 11) is 0. The zero-order chi connectivity index (χ0) is 13.0. The second-order valence-electron chi connectivity index (χ2n) is 3.36. The summed E-state index contributed by atoms with van der Waals surface area (Å²) in [6.07, 6.45) is 3.51. The average molecular weight is 226 g/mol. The molecule has 0 atom stereocenters. The summed E-state index contributed by atoms with van der Waals surface area (Å²) in [5.74, 6) is -0.202. The van der Waals surface area contributed by atoms with Gasteiger partial charge in [-0.15, -0.1) is 0 Å². The Balaban J connectivity index is 0. The highest BCUT2D eigenvalue weighted by Gasteiger charge is 1.93. The van der Waals surface area contributed by atoms with Crippen molar-refractivity contribution in [2.45, 2.75) is 33.2 Å². The van der Waals surface area contributed by atoms with Gasteiger partial charge in [0.2, 0.25) is 11.8 Å².